The van der Waals surface area contributed by atoms with E-state index < -0.39 is 34.8 Å². The van der Waals surface area contributed by atoms with E-state index in [9.17, 15) is 23.1 Å². The van der Waals surface area contributed by atoms with Crippen molar-refractivity contribution in [3.63, 3.8) is 0 Å². The van der Waals surface area contributed by atoms with Crippen molar-refractivity contribution in [2.45, 2.75) is 31.1 Å². The van der Waals surface area contributed by atoms with Crippen molar-refractivity contribution in [2.75, 3.05) is 27.9 Å². The highest BCUT2D eigenvalue weighted by atomic mass is 35.5. The van der Waals surface area contributed by atoms with Crippen LogP contribution in [-0.4, -0.2) is 49.9 Å². The number of carboxylic acids is 1. The van der Waals surface area contributed by atoms with E-state index in [2.05, 4.69) is 0 Å². The summed E-state index contributed by atoms with van der Waals surface area (Å²) < 4.78 is 57.0. The molecule has 1 aliphatic heterocycles. The van der Waals surface area contributed by atoms with Crippen LogP contribution >= 0.6 is 11.6 Å². The number of carboxylic acid groups (broad SMARTS) is 1. The molecule has 0 radical (unpaired) electrons. The Hall–Kier alpha value is -2.65. The highest BCUT2D eigenvalue weighted by Crippen LogP contribution is 2.45. The van der Waals surface area contributed by atoms with Gasteiger partial charge in [-0.25, -0.2) is 0 Å². The van der Waals surface area contributed by atoms with Crippen LogP contribution in [0.4, 0.5) is 13.2 Å². The van der Waals surface area contributed by atoms with Crippen LogP contribution in [0, 0.1) is 0 Å². The monoisotopic (exact) mass is 473 g/mol. The maximum absolute atomic E-state index is 13.6. The number of benzene rings is 2. The molecule has 1 aliphatic rings. The second-order valence-corrected chi connectivity index (χ2v) is 7.73. The Kier molecular flexibility index (Phi) is 7.09. The third-order valence-electron chi connectivity index (χ3n) is 5.55. The molecule has 0 spiro atoms. The number of aliphatic carboxylic acids is 1. The average molecular weight is 474 g/mol. The molecule has 2 aromatic carbocycles. The van der Waals surface area contributed by atoms with Gasteiger partial charge < -0.3 is 19.3 Å². The molecule has 2 atom stereocenters. The van der Waals surface area contributed by atoms with Gasteiger partial charge in [-0.2, -0.15) is 13.2 Å². The van der Waals surface area contributed by atoms with E-state index in [1.807, 2.05) is 0 Å². The molecule has 2 unspecified atom stereocenters. The summed E-state index contributed by atoms with van der Waals surface area (Å²) >= 11 is 5.83. The maximum atomic E-state index is 13.6. The number of alkyl halides is 3. The highest BCUT2D eigenvalue weighted by molar-refractivity contribution is 6.31. The molecule has 10 heteroatoms. The smallest absolute Gasteiger partial charge is 0.417 e. The predicted molar refractivity (Wildman–Crippen MR) is 112 cm³/mol. The number of nitrogens with zero attached hydrogens (tertiary/aromatic N) is 1. The summed E-state index contributed by atoms with van der Waals surface area (Å²) in [5, 5.41) is 9.31. The van der Waals surface area contributed by atoms with E-state index in [1.165, 1.54) is 33.5 Å². The van der Waals surface area contributed by atoms with Crippen LogP contribution in [0.25, 0.3) is 0 Å². The summed E-state index contributed by atoms with van der Waals surface area (Å²) in [6.45, 7) is 0.378. The molecule has 0 bridgehead atoms. The third-order valence-corrected chi connectivity index (χ3v) is 5.88. The molecule has 0 amide bonds. The quantitative estimate of drug-likeness (QED) is 0.609. The van der Waals surface area contributed by atoms with Gasteiger partial charge >= 0.3 is 12.1 Å². The number of rotatable bonds is 7. The van der Waals surface area contributed by atoms with Crippen LogP contribution < -0.4 is 14.2 Å². The summed E-state index contributed by atoms with van der Waals surface area (Å²) in [4.78, 5) is 13.6. The standard InChI is InChI=1S/C22H23ClF3NO5/c1-30-17-11-19(32-3)18(31-2)10-13(17)20(27-8-4-5-16(27)21(28)29)12-6-7-15(23)14(9-12)22(24,25)26/h6-7,9-11,16,20H,4-5,8H2,1-3H3,(H,28,29). The van der Waals surface area contributed by atoms with Crippen molar-refractivity contribution in [3.8, 4) is 17.2 Å². The minimum Gasteiger partial charge on any atom is -0.496 e. The molecule has 32 heavy (non-hydrogen) atoms. The second-order valence-electron chi connectivity index (χ2n) is 7.32. The number of likely N-dealkylation sites (tertiary alicyclic amines) is 1. The number of methoxy groups -OCH3 is 3. The number of carbonyl (C=O) groups is 1. The normalized spacial score (nSPS) is 17.8. The van der Waals surface area contributed by atoms with Crippen LogP contribution in [-0.2, 0) is 11.0 Å². The molecule has 1 fully saturated rings. The van der Waals surface area contributed by atoms with Crippen LogP contribution in [0.3, 0.4) is 0 Å². The van der Waals surface area contributed by atoms with E-state index in [0.717, 1.165) is 6.07 Å². The van der Waals surface area contributed by atoms with Crippen molar-refractivity contribution in [1.29, 1.82) is 0 Å². The third kappa shape index (κ3) is 4.59. The first-order chi connectivity index (χ1) is 15.1. The van der Waals surface area contributed by atoms with Crippen molar-refractivity contribution in [2.24, 2.45) is 0 Å². The highest BCUT2D eigenvalue weighted by Gasteiger charge is 2.40. The first kappa shape index (κ1) is 24.0. The van der Waals surface area contributed by atoms with Gasteiger partial charge in [0.15, 0.2) is 11.5 Å². The molecule has 6 nitrogen and oxygen atoms in total. The molecule has 3 rings (SSSR count). The summed E-state index contributed by atoms with van der Waals surface area (Å²) in [5.41, 5.74) is -0.304. The fraction of sp³-hybridized carbons (Fsp3) is 0.409. The van der Waals surface area contributed by atoms with E-state index in [4.69, 9.17) is 25.8 Å². The van der Waals surface area contributed by atoms with Crippen molar-refractivity contribution in [1.82, 2.24) is 4.90 Å². The number of hydrogen-bond donors (Lipinski definition) is 1. The van der Waals surface area contributed by atoms with Crippen LogP contribution in [0.2, 0.25) is 5.02 Å². The Bertz CT molecular complexity index is 998. The summed E-state index contributed by atoms with van der Waals surface area (Å²) in [7, 11) is 4.30. The number of halogens is 4. The van der Waals surface area contributed by atoms with Crippen molar-refractivity contribution in [3.05, 3.63) is 52.0 Å². The molecule has 1 saturated heterocycles. The largest absolute Gasteiger partial charge is 0.496 e. The molecular weight excluding hydrogens is 451 g/mol. The van der Waals surface area contributed by atoms with E-state index in [0.29, 0.717) is 42.2 Å². The van der Waals surface area contributed by atoms with Crippen LogP contribution in [0.15, 0.2) is 30.3 Å². The van der Waals surface area contributed by atoms with Gasteiger partial charge in [0.1, 0.15) is 11.8 Å². The van der Waals surface area contributed by atoms with E-state index in [1.54, 1.807) is 17.0 Å². The summed E-state index contributed by atoms with van der Waals surface area (Å²) in [5.74, 6) is -0.0105. The van der Waals surface area contributed by atoms with Gasteiger partial charge in [-0.3, -0.25) is 9.69 Å². The summed E-state index contributed by atoms with van der Waals surface area (Å²) in [6.07, 6.45) is -3.71. The Labute approximate surface area is 188 Å². The lowest BCUT2D eigenvalue weighted by Crippen LogP contribution is -2.39. The lowest BCUT2D eigenvalue weighted by atomic mass is 9.93. The fourth-order valence-corrected chi connectivity index (χ4v) is 4.33. The first-order valence-electron chi connectivity index (χ1n) is 9.77. The molecule has 174 valence electrons. The lowest BCUT2D eigenvalue weighted by Gasteiger charge is -2.33. The molecule has 1 N–H and O–H groups in total. The van der Waals surface area contributed by atoms with Gasteiger partial charge in [0.2, 0.25) is 0 Å². The van der Waals surface area contributed by atoms with Crippen molar-refractivity contribution < 1.29 is 37.3 Å². The molecular formula is C22H23ClF3NO5. The molecule has 0 aromatic heterocycles. The number of hydrogen-bond acceptors (Lipinski definition) is 5. The zero-order valence-electron chi connectivity index (χ0n) is 17.7. The zero-order valence-corrected chi connectivity index (χ0v) is 18.5. The van der Waals surface area contributed by atoms with Gasteiger partial charge in [-0.15, -0.1) is 0 Å². The Balaban J connectivity index is 2.27. The van der Waals surface area contributed by atoms with Crippen LogP contribution in [0.1, 0.15) is 35.6 Å². The Morgan fingerprint density at radius 2 is 1.72 bits per heavy atom. The van der Waals surface area contributed by atoms with Gasteiger partial charge in [-0.1, -0.05) is 17.7 Å². The fourth-order valence-electron chi connectivity index (χ4n) is 4.11. The molecule has 2 aromatic rings. The van der Waals surface area contributed by atoms with Gasteiger partial charge in [0.25, 0.3) is 0 Å². The zero-order chi connectivity index (χ0) is 23.6. The van der Waals surface area contributed by atoms with Gasteiger partial charge in [0, 0.05) is 18.2 Å². The van der Waals surface area contributed by atoms with Gasteiger partial charge in [-0.05, 0) is 36.6 Å². The average Bonchev–Trinajstić information content (AvgIpc) is 3.23. The Morgan fingerprint density at radius 3 is 2.28 bits per heavy atom. The van der Waals surface area contributed by atoms with Crippen molar-refractivity contribution >= 4 is 17.6 Å². The number of ether oxygens (including phenoxy) is 3. The van der Waals surface area contributed by atoms with Gasteiger partial charge in [0.05, 0.1) is 38.0 Å². The minimum atomic E-state index is -4.67. The lowest BCUT2D eigenvalue weighted by molar-refractivity contribution is -0.143. The minimum absolute atomic E-state index is 0.236. The molecule has 0 saturated carbocycles. The molecule has 0 aliphatic carbocycles. The topological polar surface area (TPSA) is 68.2 Å². The predicted octanol–water partition coefficient (Wildman–Crippen LogP) is 5.02. The van der Waals surface area contributed by atoms with E-state index >= 15 is 0 Å². The molecule has 1 heterocycles. The second kappa shape index (κ2) is 9.46. The summed E-state index contributed by atoms with van der Waals surface area (Å²) in [6, 6.07) is 5.03. The van der Waals surface area contributed by atoms with Crippen LogP contribution in [0.5, 0.6) is 17.2 Å². The first-order valence-corrected chi connectivity index (χ1v) is 10.1. The van der Waals surface area contributed by atoms with E-state index in [-0.39, 0.29) is 5.56 Å². The maximum Gasteiger partial charge on any atom is 0.417 e. The Morgan fingerprint density at radius 1 is 1.09 bits per heavy atom. The SMILES string of the molecule is COc1cc(OC)c(C(c2ccc(Cl)c(C(F)(F)F)c2)N2CCCC2C(=O)O)cc1OC.